The summed E-state index contributed by atoms with van der Waals surface area (Å²) < 4.78 is 10.9. The van der Waals surface area contributed by atoms with Crippen molar-refractivity contribution in [3.05, 3.63) is 41.6 Å². The average molecular weight is 248 g/mol. The van der Waals surface area contributed by atoms with Gasteiger partial charge in [-0.2, -0.15) is 0 Å². The van der Waals surface area contributed by atoms with Gasteiger partial charge < -0.3 is 14.3 Å². The van der Waals surface area contributed by atoms with Gasteiger partial charge in [0.2, 0.25) is 5.89 Å². The minimum atomic E-state index is -0.511. The summed E-state index contributed by atoms with van der Waals surface area (Å²) in [5.74, 6) is 1.73. The molecule has 1 unspecified atom stereocenters. The lowest BCUT2D eigenvalue weighted by Gasteiger charge is -2.07. The van der Waals surface area contributed by atoms with Crippen LogP contribution in [0.25, 0.3) is 0 Å². The van der Waals surface area contributed by atoms with Gasteiger partial charge in [-0.25, -0.2) is 0 Å². The van der Waals surface area contributed by atoms with E-state index in [-0.39, 0.29) is 6.61 Å². The fourth-order valence-corrected chi connectivity index (χ4v) is 1.50. The van der Waals surface area contributed by atoms with Crippen LogP contribution in [0.2, 0.25) is 0 Å². The number of rotatable bonds is 5. The number of ether oxygens (including phenoxy) is 1. The number of aliphatic hydroxyl groups is 1. The highest BCUT2D eigenvalue weighted by Gasteiger charge is 2.06. The Morgan fingerprint density at radius 1 is 1.33 bits per heavy atom. The highest BCUT2D eigenvalue weighted by molar-refractivity contribution is 5.29. The van der Waals surface area contributed by atoms with E-state index in [0.717, 1.165) is 5.56 Å². The molecule has 0 saturated carbocycles. The lowest BCUT2D eigenvalue weighted by molar-refractivity contribution is 0.198. The molecule has 1 aromatic carbocycles. The first kappa shape index (κ1) is 12.6. The molecule has 2 rings (SSSR count). The highest BCUT2D eigenvalue weighted by Crippen LogP contribution is 2.19. The second-order valence-corrected chi connectivity index (χ2v) is 3.98. The normalized spacial score (nSPS) is 12.4. The molecule has 0 amide bonds. The Morgan fingerprint density at radius 2 is 2.11 bits per heavy atom. The smallest absolute Gasteiger partial charge is 0.253 e. The molecular formula is C13H16N2O3. The maximum absolute atomic E-state index is 9.47. The van der Waals surface area contributed by atoms with Crippen LogP contribution in [-0.2, 0) is 13.0 Å². The number of hydrogen-bond donors (Lipinski definition) is 1. The van der Waals surface area contributed by atoms with Crippen LogP contribution in [0.3, 0.4) is 0 Å². The molecule has 1 N–H and O–H groups in total. The zero-order chi connectivity index (χ0) is 13.0. The molecule has 0 aliphatic heterocycles. The Labute approximate surface area is 105 Å². The minimum Gasteiger partial charge on any atom is -0.484 e. The SMILES string of the molecule is CCc1nnc(COc2cccc(C(C)O)c2)o1. The molecule has 5 nitrogen and oxygen atoms in total. The van der Waals surface area contributed by atoms with E-state index in [4.69, 9.17) is 9.15 Å². The lowest BCUT2D eigenvalue weighted by atomic mass is 10.1. The minimum absolute atomic E-state index is 0.232. The Balaban J connectivity index is 1.99. The van der Waals surface area contributed by atoms with Crippen molar-refractivity contribution < 1.29 is 14.3 Å². The van der Waals surface area contributed by atoms with Gasteiger partial charge in [0.1, 0.15) is 5.75 Å². The maximum atomic E-state index is 9.47. The first-order valence-electron chi connectivity index (χ1n) is 5.91. The van der Waals surface area contributed by atoms with E-state index in [9.17, 15) is 5.11 Å². The van der Waals surface area contributed by atoms with E-state index in [0.29, 0.717) is 24.0 Å². The molecule has 0 fully saturated rings. The molecule has 0 aliphatic carbocycles. The second-order valence-electron chi connectivity index (χ2n) is 3.98. The van der Waals surface area contributed by atoms with E-state index in [1.807, 2.05) is 25.1 Å². The molecule has 1 heterocycles. The molecule has 96 valence electrons. The number of aryl methyl sites for hydroxylation is 1. The summed E-state index contributed by atoms with van der Waals surface area (Å²) in [7, 11) is 0. The van der Waals surface area contributed by atoms with Crippen LogP contribution in [0.4, 0.5) is 0 Å². The summed E-state index contributed by atoms with van der Waals surface area (Å²) in [6.07, 6.45) is 0.202. The lowest BCUT2D eigenvalue weighted by Crippen LogP contribution is -1.97. The van der Waals surface area contributed by atoms with Crippen LogP contribution < -0.4 is 4.74 Å². The molecule has 18 heavy (non-hydrogen) atoms. The van der Waals surface area contributed by atoms with Gasteiger partial charge in [-0.3, -0.25) is 0 Å². The van der Waals surface area contributed by atoms with Crippen molar-refractivity contribution in [2.24, 2.45) is 0 Å². The standard InChI is InChI=1S/C13H16N2O3/c1-3-12-14-15-13(18-12)8-17-11-6-4-5-10(7-11)9(2)16/h4-7,9,16H,3,8H2,1-2H3. The van der Waals surface area contributed by atoms with Gasteiger partial charge in [0.05, 0.1) is 6.10 Å². The van der Waals surface area contributed by atoms with E-state index in [1.54, 1.807) is 13.0 Å². The van der Waals surface area contributed by atoms with E-state index < -0.39 is 6.10 Å². The molecule has 0 spiro atoms. The van der Waals surface area contributed by atoms with Crippen LogP contribution in [-0.4, -0.2) is 15.3 Å². The summed E-state index contributed by atoms with van der Waals surface area (Å²) in [5, 5.41) is 17.2. The quantitative estimate of drug-likeness (QED) is 0.879. The molecule has 0 saturated heterocycles. The van der Waals surface area contributed by atoms with Crippen LogP contribution in [0.15, 0.2) is 28.7 Å². The van der Waals surface area contributed by atoms with Crippen molar-refractivity contribution in [1.29, 1.82) is 0 Å². The third-order valence-corrected chi connectivity index (χ3v) is 2.51. The number of benzene rings is 1. The topological polar surface area (TPSA) is 68.4 Å². The van der Waals surface area contributed by atoms with Gasteiger partial charge in [-0.1, -0.05) is 19.1 Å². The molecule has 0 aliphatic rings. The molecule has 1 atom stereocenters. The Morgan fingerprint density at radius 3 is 2.78 bits per heavy atom. The molecule has 0 bridgehead atoms. The zero-order valence-electron chi connectivity index (χ0n) is 10.5. The molecule has 2 aromatic rings. The van der Waals surface area contributed by atoms with Crippen molar-refractivity contribution in [3.8, 4) is 5.75 Å². The summed E-state index contributed by atoms with van der Waals surface area (Å²) in [4.78, 5) is 0. The first-order valence-corrected chi connectivity index (χ1v) is 5.91. The van der Waals surface area contributed by atoms with Crippen LogP contribution in [0, 0.1) is 0 Å². The van der Waals surface area contributed by atoms with Crippen LogP contribution in [0.1, 0.15) is 37.3 Å². The molecule has 0 radical (unpaired) electrons. The van der Waals surface area contributed by atoms with Crippen LogP contribution in [0.5, 0.6) is 5.75 Å². The number of hydrogen-bond acceptors (Lipinski definition) is 5. The highest BCUT2D eigenvalue weighted by atomic mass is 16.5. The number of aliphatic hydroxyl groups excluding tert-OH is 1. The Bertz CT molecular complexity index is 508. The Hall–Kier alpha value is -1.88. The third-order valence-electron chi connectivity index (χ3n) is 2.51. The van der Waals surface area contributed by atoms with Gasteiger partial charge in [0, 0.05) is 6.42 Å². The van der Waals surface area contributed by atoms with Gasteiger partial charge in [0.25, 0.3) is 5.89 Å². The van der Waals surface area contributed by atoms with E-state index in [2.05, 4.69) is 10.2 Å². The van der Waals surface area contributed by atoms with Crippen molar-refractivity contribution in [2.45, 2.75) is 33.0 Å². The largest absolute Gasteiger partial charge is 0.484 e. The monoisotopic (exact) mass is 248 g/mol. The predicted molar refractivity (Wildman–Crippen MR) is 65.1 cm³/mol. The summed E-state index contributed by atoms with van der Waals surface area (Å²) >= 11 is 0. The summed E-state index contributed by atoms with van der Waals surface area (Å²) in [6.45, 7) is 3.89. The van der Waals surface area contributed by atoms with E-state index in [1.165, 1.54) is 0 Å². The number of aromatic nitrogens is 2. The van der Waals surface area contributed by atoms with Gasteiger partial charge in [0.15, 0.2) is 6.61 Å². The third kappa shape index (κ3) is 3.07. The molecular weight excluding hydrogens is 232 g/mol. The maximum Gasteiger partial charge on any atom is 0.253 e. The van der Waals surface area contributed by atoms with Crippen molar-refractivity contribution in [3.63, 3.8) is 0 Å². The van der Waals surface area contributed by atoms with Gasteiger partial charge >= 0.3 is 0 Å². The van der Waals surface area contributed by atoms with Gasteiger partial charge in [-0.15, -0.1) is 10.2 Å². The van der Waals surface area contributed by atoms with Crippen LogP contribution >= 0.6 is 0 Å². The van der Waals surface area contributed by atoms with Crippen molar-refractivity contribution in [2.75, 3.05) is 0 Å². The fraction of sp³-hybridized carbons (Fsp3) is 0.385. The van der Waals surface area contributed by atoms with Gasteiger partial charge in [-0.05, 0) is 24.6 Å². The molecule has 1 aromatic heterocycles. The van der Waals surface area contributed by atoms with Crippen molar-refractivity contribution in [1.82, 2.24) is 10.2 Å². The number of nitrogens with zero attached hydrogens (tertiary/aromatic N) is 2. The Kier molecular flexibility index (Phi) is 3.94. The summed E-state index contributed by atoms with van der Waals surface area (Å²) in [5.41, 5.74) is 0.812. The zero-order valence-corrected chi connectivity index (χ0v) is 10.5. The fourth-order valence-electron chi connectivity index (χ4n) is 1.50. The van der Waals surface area contributed by atoms with E-state index >= 15 is 0 Å². The van der Waals surface area contributed by atoms with Crippen molar-refractivity contribution >= 4 is 0 Å². The summed E-state index contributed by atoms with van der Waals surface area (Å²) in [6, 6.07) is 7.30. The second kappa shape index (κ2) is 5.64. The predicted octanol–water partition coefficient (Wildman–Crippen LogP) is 2.26. The first-order chi connectivity index (χ1) is 8.69. The molecule has 5 heteroatoms. The average Bonchev–Trinajstić information content (AvgIpc) is 2.84.